The molecule has 1 unspecified atom stereocenters. The topological polar surface area (TPSA) is 44.0 Å². The van der Waals surface area contributed by atoms with Crippen molar-refractivity contribution in [2.45, 2.75) is 12.3 Å². The molecule has 0 bridgehead atoms. The second kappa shape index (κ2) is 4.86. The van der Waals surface area contributed by atoms with Gasteiger partial charge in [-0.25, -0.2) is 0 Å². The summed E-state index contributed by atoms with van der Waals surface area (Å²) in [6.07, 6.45) is 0.431. The van der Waals surface area contributed by atoms with E-state index in [9.17, 15) is 0 Å². The summed E-state index contributed by atoms with van der Waals surface area (Å²) in [6.45, 7) is 0.00342. The molecule has 1 atom stereocenters. The maximum Gasteiger partial charge on any atom is 0.0748 e. The van der Waals surface area contributed by atoms with Gasteiger partial charge in [-0.2, -0.15) is 5.26 Å². The van der Waals surface area contributed by atoms with Crippen LogP contribution in [0.5, 0.6) is 0 Å². The minimum absolute atomic E-state index is 0.00342. The van der Waals surface area contributed by atoms with E-state index in [2.05, 4.69) is 6.07 Å². The number of halogens is 1. The van der Waals surface area contributed by atoms with Crippen LogP contribution in [-0.4, -0.2) is 11.7 Å². The number of nitrogens with zero attached hydrogens (tertiary/aromatic N) is 1. The molecule has 0 spiro atoms. The van der Waals surface area contributed by atoms with Crippen LogP contribution >= 0.6 is 11.6 Å². The van der Waals surface area contributed by atoms with Crippen LogP contribution < -0.4 is 0 Å². The van der Waals surface area contributed by atoms with Crippen molar-refractivity contribution in [3.8, 4) is 6.07 Å². The van der Waals surface area contributed by atoms with Crippen molar-refractivity contribution in [3.05, 3.63) is 34.9 Å². The largest absolute Gasteiger partial charge is 0.396 e. The van der Waals surface area contributed by atoms with Gasteiger partial charge in [0.25, 0.3) is 0 Å². The summed E-state index contributed by atoms with van der Waals surface area (Å²) in [6, 6.07) is 9.33. The highest BCUT2D eigenvalue weighted by Gasteiger charge is 2.12. The van der Waals surface area contributed by atoms with Crippen LogP contribution in [0.2, 0.25) is 5.02 Å². The van der Waals surface area contributed by atoms with Crippen LogP contribution in [0.1, 0.15) is 17.9 Å². The zero-order chi connectivity index (χ0) is 9.68. The third-order valence-corrected chi connectivity index (χ3v) is 2.20. The quantitative estimate of drug-likeness (QED) is 0.805. The Morgan fingerprint density at radius 3 is 2.69 bits per heavy atom. The van der Waals surface area contributed by atoms with Gasteiger partial charge in [-0.15, -0.1) is 0 Å². The normalized spacial score (nSPS) is 12.1. The number of rotatable bonds is 3. The van der Waals surface area contributed by atoms with Gasteiger partial charge in [0.1, 0.15) is 0 Å². The van der Waals surface area contributed by atoms with Crippen molar-refractivity contribution in [2.24, 2.45) is 0 Å². The highest BCUT2D eigenvalue weighted by molar-refractivity contribution is 6.31. The van der Waals surface area contributed by atoms with E-state index in [0.717, 1.165) is 5.56 Å². The summed E-state index contributed by atoms with van der Waals surface area (Å²) in [5.74, 6) is -0.307. The Labute approximate surface area is 82.4 Å². The number of hydrogen-bond acceptors (Lipinski definition) is 2. The van der Waals surface area contributed by atoms with Gasteiger partial charge in [0.2, 0.25) is 0 Å². The molecule has 0 saturated carbocycles. The molecule has 0 saturated heterocycles. The molecule has 0 aromatic heterocycles. The predicted octanol–water partition coefficient (Wildman–Crippen LogP) is 2.33. The Morgan fingerprint density at radius 1 is 1.46 bits per heavy atom. The standard InChI is InChI=1S/C10H10ClNO/c11-10-4-2-1-3-9(10)8(7-12)5-6-13/h1-4,8,13H,5-6H2. The summed E-state index contributed by atoms with van der Waals surface area (Å²) < 4.78 is 0. The lowest BCUT2D eigenvalue weighted by Gasteiger charge is -2.08. The second-order valence-electron chi connectivity index (χ2n) is 2.72. The molecule has 0 fully saturated rings. The predicted molar refractivity (Wildman–Crippen MR) is 51.5 cm³/mol. The number of benzene rings is 1. The third kappa shape index (κ3) is 2.45. The lowest BCUT2D eigenvalue weighted by atomic mass is 9.98. The lowest BCUT2D eigenvalue weighted by Crippen LogP contribution is -1.99. The van der Waals surface area contributed by atoms with Gasteiger partial charge in [-0.1, -0.05) is 29.8 Å². The molecule has 0 heterocycles. The van der Waals surface area contributed by atoms with E-state index in [0.29, 0.717) is 11.4 Å². The van der Waals surface area contributed by atoms with Crippen LogP contribution in [0.3, 0.4) is 0 Å². The first kappa shape index (κ1) is 10.0. The zero-order valence-electron chi connectivity index (χ0n) is 7.07. The van der Waals surface area contributed by atoms with Crippen molar-refractivity contribution < 1.29 is 5.11 Å². The molecule has 1 N–H and O–H groups in total. The van der Waals surface area contributed by atoms with Crippen LogP contribution in [0.4, 0.5) is 0 Å². The van der Waals surface area contributed by atoms with Crippen molar-refractivity contribution in [1.82, 2.24) is 0 Å². The maximum absolute atomic E-state index is 8.82. The molecule has 2 nitrogen and oxygen atoms in total. The Hall–Kier alpha value is -1.04. The molecule has 0 amide bonds. The molecule has 1 aromatic rings. The molecule has 0 aliphatic heterocycles. The molecule has 0 aliphatic rings. The Balaban J connectivity index is 2.92. The fourth-order valence-corrected chi connectivity index (χ4v) is 1.44. The van der Waals surface area contributed by atoms with Crippen LogP contribution in [0.15, 0.2) is 24.3 Å². The van der Waals surface area contributed by atoms with Gasteiger partial charge in [0, 0.05) is 11.6 Å². The fraction of sp³-hybridized carbons (Fsp3) is 0.300. The molecule has 0 radical (unpaired) electrons. The fourth-order valence-electron chi connectivity index (χ4n) is 1.18. The minimum atomic E-state index is -0.307. The Kier molecular flexibility index (Phi) is 3.75. The summed E-state index contributed by atoms with van der Waals surface area (Å²) in [7, 11) is 0. The summed E-state index contributed by atoms with van der Waals surface area (Å²) >= 11 is 5.90. The van der Waals surface area contributed by atoms with E-state index >= 15 is 0 Å². The first-order valence-electron chi connectivity index (χ1n) is 4.04. The molecule has 68 valence electrons. The average Bonchev–Trinajstić information content (AvgIpc) is 2.16. The highest BCUT2D eigenvalue weighted by Crippen LogP contribution is 2.25. The first-order chi connectivity index (χ1) is 6.29. The van der Waals surface area contributed by atoms with Crippen molar-refractivity contribution in [1.29, 1.82) is 5.26 Å². The van der Waals surface area contributed by atoms with Gasteiger partial charge >= 0.3 is 0 Å². The van der Waals surface area contributed by atoms with Crippen LogP contribution in [-0.2, 0) is 0 Å². The van der Waals surface area contributed by atoms with Gasteiger partial charge < -0.3 is 5.11 Å². The monoisotopic (exact) mass is 195 g/mol. The van der Waals surface area contributed by atoms with Gasteiger partial charge in [-0.05, 0) is 18.1 Å². The molecule has 3 heteroatoms. The Morgan fingerprint density at radius 2 is 2.15 bits per heavy atom. The van der Waals surface area contributed by atoms with E-state index in [4.69, 9.17) is 22.0 Å². The smallest absolute Gasteiger partial charge is 0.0748 e. The average molecular weight is 196 g/mol. The van der Waals surface area contributed by atoms with E-state index in [1.807, 2.05) is 18.2 Å². The Bertz CT molecular complexity index is 319. The summed E-state index contributed by atoms with van der Waals surface area (Å²) in [5.41, 5.74) is 0.792. The highest BCUT2D eigenvalue weighted by atomic mass is 35.5. The van der Waals surface area contributed by atoms with E-state index in [-0.39, 0.29) is 12.5 Å². The molecule has 13 heavy (non-hydrogen) atoms. The second-order valence-corrected chi connectivity index (χ2v) is 3.12. The van der Waals surface area contributed by atoms with Crippen molar-refractivity contribution in [2.75, 3.05) is 6.61 Å². The number of nitriles is 1. The van der Waals surface area contributed by atoms with Crippen molar-refractivity contribution in [3.63, 3.8) is 0 Å². The molecule has 1 rings (SSSR count). The van der Waals surface area contributed by atoms with Gasteiger partial charge in [0.15, 0.2) is 0 Å². The lowest BCUT2D eigenvalue weighted by molar-refractivity contribution is 0.283. The summed E-state index contributed by atoms with van der Waals surface area (Å²) in [4.78, 5) is 0. The maximum atomic E-state index is 8.82. The van der Waals surface area contributed by atoms with Gasteiger partial charge in [-0.3, -0.25) is 0 Å². The van der Waals surface area contributed by atoms with Gasteiger partial charge in [0.05, 0.1) is 12.0 Å². The van der Waals surface area contributed by atoms with Crippen LogP contribution in [0.25, 0.3) is 0 Å². The number of aliphatic hydroxyl groups is 1. The zero-order valence-corrected chi connectivity index (χ0v) is 7.83. The van der Waals surface area contributed by atoms with E-state index in [1.165, 1.54) is 0 Å². The minimum Gasteiger partial charge on any atom is -0.396 e. The first-order valence-corrected chi connectivity index (χ1v) is 4.42. The molecular formula is C10H10ClNO. The van der Waals surface area contributed by atoms with E-state index < -0.39 is 0 Å². The van der Waals surface area contributed by atoms with Crippen molar-refractivity contribution >= 4 is 11.6 Å². The SMILES string of the molecule is N#CC(CCO)c1ccccc1Cl. The van der Waals surface area contributed by atoms with E-state index in [1.54, 1.807) is 6.07 Å². The summed E-state index contributed by atoms with van der Waals surface area (Å²) in [5, 5.41) is 18.1. The number of hydrogen-bond donors (Lipinski definition) is 1. The molecule has 0 aliphatic carbocycles. The third-order valence-electron chi connectivity index (χ3n) is 1.85. The molecule has 1 aromatic carbocycles. The van der Waals surface area contributed by atoms with Crippen LogP contribution in [0, 0.1) is 11.3 Å². The number of aliphatic hydroxyl groups excluding tert-OH is 1. The molecular weight excluding hydrogens is 186 g/mol.